The van der Waals surface area contributed by atoms with Crippen molar-refractivity contribution in [2.45, 2.75) is 13.8 Å². The van der Waals surface area contributed by atoms with Crippen LogP contribution < -0.4 is 14.8 Å². The normalized spacial score (nSPS) is 11.0. The molecule has 0 unspecified atom stereocenters. The topological polar surface area (TPSA) is 67.8 Å². The number of rotatable bonds is 6. The van der Waals surface area contributed by atoms with Gasteiger partial charge in [-0.05, 0) is 12.1 Å². The van der Waals surface area contributed by atoms with E-state index < -0.39 is 0 Å². The molecule has 19 heavy (non-hydrogen) atoms. The van der Waals surface area contributed by atoms with Gasteiger partial charge in [-0.25, -0.2) is 0 Å². The number of methoxy groups -OCH3 is 2. The SMILES string of the molecule is COc1cccc(OC)c1C(=O)NCC(C)(C)CO. The van der Waals surface area contributed by atoms with Crippen molar-refractivity contribution in [3.63, 3.8) is 0 Å². The van der Waals surface area contributed by atoms with Gasteiger partial charge < -0.3 is 19.9 Å². The Bertz CT molecular complexity index is 421. The molecule has 0 aromatic heterocycles. The Hall–Kier alpha value is -1.75. The van der Waals surface area contributed by atoms with Gasteiger partial charge in [0.25, 0.3) is 5.91 Å². The van der Waals surface area contributed by atoms with E-state index in [0.717, 1.165) is 0 Å². The van der Waals surface area contributed by atoms with E-state index in [-0.39, 0.29) is 17.9 Å². The highest BCUT2D eigenvalue weighted by molar-refractivity contribution is 5.99. The average molecular weight is 267 g/mol. The van der Waals surface area contributed by atoms with Crippen LogP contribution in [-0.2, 0) is 0 Å². The third-order valence-corrected chi connectivity index (χ3v) is 2.81. The van der Waals surface area contributed by atoms with Crippen LogP contribution in [0, 0.1) is 5.41 Å². The molecule has 0 atom stereocenters. The number of hydrogen-bond acceptors (Lipinski definition) is 4. The third kappa shape index (κ3) is 3.86. The first-order valence-electron chi connectivity index (χ1n) is 6.05. The van der Waals surface area contributed by atoms with Crippen molar-refractivity contribution in [1.29, 1.82) is 0 Å². The van der Waals surface area contributed by atoms with Gasteiger partial charge in [0.2, 0.25) is 0 Å². The van der Waals surface area contributed by atoms with Crippen LogP contribution in [0.3, 0.4) is 0 Å². The van der Waals surface area contributed by atoms with E-state index in [1.54, 1.807) is 18.2 Å². The second-order valence-corrected chi connectivity index (χ2v) is 5.04. The summed E-state index contributed by atoms with van der Waals surface area (Å²) in [5, 5.41) is 12.0. The quantitative estimate of drug-likeness (QED) is 0.818. The van der Waals surface area contributed by atoms with Crippen LogP contribution >= 0.6 is 0 Å². The summed E-state index contributed by atoms with van der Waals surface area (Å²) in [7, 11) is 3.01. The van der Waals surface area contributed by atoms with Gasteiger partial charge in [-0.3, -0.25) is 4.79 Å². The van der Waals surface area contributed by atoms with Crippen LogP contribution in [-0.4, -0.2) is 38.4 Å². The highest BCUT2D eigenvalue weighted by Gasteiger charge is 2.22. The lowest BCUT2D eigenvalue weighted by Gasteiger charge is -2.22. The number of aliphatic hydroxyl groups excluding tert-OH is 1. The van der Waals surface area contributed by atoms with E-state index in [1.807, 2.05) is 13.8 Å². The van der Waals surface area contributed by atoms with E-state index in [4.69, 9.17) is 9.47 Å². The van der Waals surface area contributed by atoms with Crippen molar-refractivity contribution in [2.24, 2.45) is 5.41 Å². The van der Waals surface area contributed by atoms with Crippen molar-refractivity contribution >= 4 is 5.91 Å². The number of ether oxygens (including phenoxy) is 2. The lowest BCUT2D eigenvalue weighted by atomic mass is 9.95. The predicted octanol–water partition coefficient (Wildman–Crippen LogP) is 1.45. The van der Waals surface area contributed by atoms with Crippen molar-refractivity contribution in [1.82, 2.24) is 5.32 Å². The fourth-order valence-corrected chi connectivity index (χ4v) is 1.54. The van der Waals surface area contributed by atoms with Gasteiger partial charge in [-0.15, -0.1) is 0 Å². The van der Waals surface area contributed by atoms with E-state index in [2.05, 4.69) is 5.32 Å². The zero-order valence-corrected chi connectivity index (χ0v) is 11.8. The smallest absolute Gasteiger partial charge is 0.258 e. The van der Waals surface area contributed by atoms with Crippen LogP contribution in [0.4, 0.5) is 0 Å². The first kappa shape index (κ1) is 15.3. The Morgan fingerprint density at radius 2 is 1.79 bits per heavy atom. The van der Waals surface area contributed by atoms with Crippen molar-refractivity contribution in [3.05, 3.63) is 23.8 Å². The maximum atomic E-state index is 12.2. The summed E-state index contributed by atoms with van der Waals surface area (Å²) in [4.78, 5) is 12.2. The Morgan fingerprint density at radius 1 is 1.26 bits per heavy atom. The van der Waals surface area contributed by atoms with Gasteiger partial charge in [-0.2, -0.15) is 0 Å². The summed E-state index contributed by atoms with van der Waals surface area (Å²) in [6, 6.07) is 5.16. The summed E-state index contributed by atoms with van der Waals surface area (Å²) < 4.78 is 10.4. The molecule has 0 aliphatic carbocycles. The maximum absolute atomic E-state index is 12.2. The number of amides is 1. The Labute approximate surface area is 113 Å². The number of carbonyl (C=O) groups excluding carboxylic acids is 1. The molecule has 5 nitrogen and oxygen atoms in total. The van der Waals surface area contributed by atoms with Crippen LogP contribution in [0.2, 0.25) is 0 Å². The summed E-state index contributed by atoms with van der Waals surface area (Å²) in [6.45, 7) is 4.10. The molecule has 106 valence electrons. The van der Waals surface area contributed by atoms with Crippen molar-refractivity contribution in [3.8, 4) is 11.5 Å². The van der Waals surface area contributed by atoms with Crippen molar-refractivity contribution < 1.29 is 19.4 Å². The molecule has 2 N–H and O–H groups in total. The first-order chi connectivity index (χ1) is 8.95. The van der Waals surface area contributed by atoms with Crippen LogP contribution in [0.15, 0.2) is 18.2 Å². The van der Waals surface area contributed by atoms with Crippen LogP contribution in [0.5, 0.6) is 11.5 Å². The van der Waals surface area contributed by atoms with E-state index >= 15 is 0 Å². The van der Waals surface area contributed by atoms with E-state index in [1.165, 1.54) is 14.2 Å². The molecule has 0 aliphatic rings. The van der Waals surface area contributed by atoms with Crippen molar-refractivity contribution in [2.75, 3.05) is 27.4 Å². The summed E-state index contributed by atoms with van der Waals surface area (Å²) in [5.74, 6) is 0.633. The molecule has 1 aromatic carbocycles. The lowest BCUT2D eigenvalue weighted by Crippen LogP contribution is -2.36. The molecular formula is C14H21NO4. The monoisotopic (exact) mass is 267 g/mol. The zero-order valence-electron chi connectivity index (χ0n) is 11.8. The van der Waals surface area contributed by atoms with E-state index in [9.17, 15) is 9.90 Å². The molecule has 1 aromatic rings. The van der Waals surface area contributed by atoms with E-state index in [0.29, 0.717) is 23.6 Å². The molecule has 0 radical (unpaired) electrons. The van der Waals surface area contributed by atoms with Gasteiger partial charge in [-0.1, -0.05) is 19.9 Å². The summed E-state index contributed by atoms with van der Waals surface area (Å²) in [6.07, 6.45) is 0. The van der Waals surface area contributed by atoms with Crippen LogP contribution in [0.1, 0.15) is 24.2 Å². The Kier molecular flexibility index (Phi) is 5.18. The molecule has 1 rings (SSSR count). The molecule has 0 spiro atoms. The fourth-order valence-electron chi connectivity index (χ4n) is 1.54. The molecule has 0 fully saturated rings. The molecular weight excluding hydrogens is 246 g/mol. The molecule has 0 saturated heterocycles. The fraction of sp³-hybridized carbons (Fsp3) is 0.500. The third-order valence-electron chi connectivity index (χ3n) is 2.81. The second kappa shape index (κ2) is 6.43. The minimum Gasteiger partial charge on any atom is -0.496 e. The largest absolute Gasteiger partial charge is 0.496 e. The summed E-state index contributed by atoms with van der Waals surface area (Å²) >= 11 is 0. The number of benzene rings is 1. The molecule has 0 bridgehead atoms. The van der Waals surface area contributed by atoms with Gasteiger partial charge in [0.1, 0.15) is 17.1 Å². The van der Waals surface area contributed by atoms with Gasteiger partial charge in [0.05, 0.1) is 14.2 Å². The summed E-state index contributed by atoms with van der Waals surface area (Å²) in [5.41, 5.74) is -0.00787. The molecule has 0 aliphatic heterocycles. The molecule has 0 saturated carbocycles. The number of nitrogens with one attached hydrogen (secondary N) is 1. The Balaban J connectivity index is 2.93. The number of carbonyl (C=O) groups is 1. The minimum absolute atomic E-state index is 0.00363. The predicted molar refractivity (Wildman–Crippen MR) is 72.7 cm³/mol. The zero-order chi connectivity index (χ0) is 14.5. The highest BCUT2D eigenvalue weighted by atomic mass is 16.5. The van der Waals surface area contributed by atoms with Gasteiger partial charge in [0, 0.05) is 18.6 Å². The maximum Gasteiger partial charge on any atom is 0.258 e. The van der Waals surface area contributed by atoms with Gasteiger partial charge >= 0.3 is 0 Å². The lowest BCUT2D eigenvalue weighted by molar-refractivity contribution is 0.0905. The highest BCUT2D eigenvalue weighted by Crippen LogP contribution is 2.28. The standard InChI is InChI=1S/C14H21NO4/c1-14(2,9-16)8-15-13(17)12-10(18-3)6-5-7-11(12)19-4/h5-7,16H,8-9H2,1-4H3,(H,15,17). The number of aliphatic hydroxyl groups is 1. The molecule has 5 heteroatoms. The minimum atomic E-state index is -0.370. The molecule has 0 heterocycles. The van der Waals surface area contributed by atoms with Crippen LogP contribution in [0.25, 0.3) is 0 Å². The number of hydrogen-bond donors (Lipinski definition) is 2. The Morgan fingerprint density at radius 3 is 2.21 bits per heavy atom. The van der Waals surface area contributed by atoms with Gasteiger partial charge in [0.15, 0.2) is 0 Å². The average Bonchev–Trinajstić information content (AvgIpc) is 2.43. The molecule has 1 amide bonds. The first-order valence-corrected chi connectivity index (χ1v) is 6.05. The second-order valence-electron chi connectivity index (χ2n) is 5.04.